The highest BCUT2D eigenvalue weighted by atomic mass is 16.5. The zero-order valence-electron chi connectivity index (χ0n) is 18.5. The van der Waals surface area contributed by atoms with Crippen molar-refractivity contribution in [3.8, 4) is 5.75 Å². The molecule has 0 saturated carbocycles. The lowest BCUT2D eigenvalue weighted by atomic mass is 9.84. The second-order valence-corrected chi connectivity index (χ2v) is 8.57. The van der Waals surface area contributed by atoms with Crippen LogP contribution in [0.2, 0.25) is 0 Å². The molecule has 28 heavy (non-hydrogen) atoms. The third kappa shape index (κ3) is 6.38. The molecular formula is C22H38N4O2. The molecule has 2 N–H and O–H groups in total. The van der Waals surface area contributed by atoms with Crippen LogP contribution >= 0.6 is 0 Å². The number of hydrogen-bond donors (Lipinski definition) is 2. The molecule has 0 aliphatic carbocycles. The van der Waals surface area contributed by atoms with Crippen molar-refractivity contribution < 1.29 is 9.47 Å². The van der Waals surface area contributed by atoms with Gasteiger partial charge < -0.3 is 20.1 Å². The molecule has 1 saturated heterocycles. The van der Waals surface area contributed by atoms with E-state index in [0.717, 1.165) is 57.6 Å². The Bertz CT molecular complexity index is 620. The van der Waals surface area contributed by atoms with Crippen LogP contribution in [0, 0.1) is 0 Å². The Balaban J connectivity index is 1.99. The zero-order valence-corrected chi connectivity index (χ0v) is 18.5. The van der Waals surface area contributed by atoms with Gasteiger partial charge in [0.2, 0.25) is 0 Å². The largest absolute Gasteiger partial charge is 0.497 e. The minimum Gasteiger partial charge on any atom is -0.497 e. The van der Waals surface area contributed by atoms with Gasteiger partial charge in [-0.15, -0.1) is 0 Å². The van der Waals surface area contributed by atoms with E-state index in [1.54, 1.807) is 7.11 Å². The minimum absolute atomic E-state index is 0.0115. The van der Waals surface area contributed by atoms with E-state index in [1.807, 2.05) is 12.1 Å². The van der Waals surface area contributed by atoms with Crippen LogP contribution in [0.5, 0.6) is 5.75 Å². The molecule has 158 valence electrons. The van der Waals surface area contributed by atoms with Gasteiger partial charge in [-0.2, -0.15) is 0 Å². The Morgan fingerprint density at radius 1 is 1.11 bits per heavy atom. The molecule has 1 aliphatic heterocycles. The number of methoxy groups -OCH3 is 1. The average molecular weight is 391 g/mol. The molecule has 0 spiro atoms. The normalized spacial score (nSPS) is 16.7. The van der Waals surface area contributed by atoms with Crippen LogP contribution < -0.4 is 15.4 Å². The molecule has 1 fully saturated rings. The summed E-state index contributed by atoms with van der Waals surface area (Å²) in [6.07, 6.45) is 0. The standard InChI is InChI=1S/C22H38N4O2/c1-7-23-20(25-17-22(4,5)26-12-14-28-15-13-26)24-16-21(2,3)18-8-10-19(27-6)11-9-18/h8-11H,7,12-17H2,1-6H3,(H2,23,24,25). The molecule has 0 amide bonds. The van der Waals surface area contributed by atoms with Crippen LogP contribution in [0.3, 0.4) is 0 Å². The van der Waals surface area contributed by atoms with E-state index in [0.29, 0.717) is 0 Å². The predicted octanol–water partition coefficient (Wildman–Crippen LogP) is 2.64. The Labute approximate surface area is 170 Å². The van der Waals surface area contributed by atoms with E-state index in [4.69, 9.17) is 14.5 Å². The second kappa shape index (κ2) is 10.1. The highest BCUT2D eigenvalue weighted by Crippen LogP contribution is 2.24. The summed E-state index contributed by atoms with van der Waals surface area (Å²) in [5.41, 5.74) is 1.25. The van der Waals surface area contributed by atoms with E-state index in [9.17, 15) is 0 Å². The van der Waals surface area contributed by atoms with Crippen molar-refractivity contribution >= 4 is 5.96 Å². The Hall–Kier alpha value is -1.79. The third-order valence-corrected chi connectivity index (χ3v) is 5.40. The van der Waals surface area contributed by atoms with Crippen LogP contribution in [0.1, 0.15) is 40.2 Å². The number of benzene rings is 1. The average Bonchev–Trinajstić information content (AvgIpc) is 2.71. The first-order valence-corrected chi connectivity index (χ1v) is 10.3. The Kier molecular flexibility index (Phi) is 8.13. The smallest absolute Gasteiger partial charge is 0.191 e. The molecule has 6 nitrogen and oxygen atoms in total. The van der Waals surface area contributed by atoms with Crippen LogP contribution in [0.15, 0.2) is 29.3 Å². The molecule has 1 aromatic carbocycles. The fourth-order valence-corrected chi connectivity index (χ4v) is 3.33. The Morgan fingerprint density at radius 3 is 2.32 bits per heavy atom. The van der Waals surface area contributed by atoms with E-state index in [1.165, 1.54) is 5.56 Å². The number of ether oxygens (including phenoxy) is 2. The molecule has 2 rings (SSSR count). The lowest BCUT2D eigenvalue weighted by Gasteiger charge is -2.40. The molecule has 0 unspecified atom stereocenters. The molecule has 0 bridgehead atoms. The van der Waals surface area contributed by atoms with Gasteiger partial charge in [0.15, 0.2) is 5.96 Å². The maximum atomic E-state index is 5.48. The van der Waals surface area contributed by atoms with Gasteiger partial charge in [-0.3, -0.25) is 9.89 Å². The highest BCUT2D eigenvalue weighted by Gasteiger charge is 2.28. The summed E-state index contributed by atoms with van der Waals surface area (Å²) in [6, 6.07) is 8.29. The molecule has 6 heteroatoms. The molecule has 0 radical (unpaired) electrons. The summed E-state index contributed by atoms with van der Waals surface area (Å²) >= 11 is 0. The summed E-state index contributed by atoms with van der Waals surface area (Å²) in [4.78, 5) is 7.34. The summed E-state index contributed by atoms with van der Waals surface area (Å²) < 4.78 is 10.8. The number of rotatable bonds is 8. The number of nitrogens with zero attached hydrogens (tertiary/aromatic N) is 2. The predicted molar refractivity (Wildman–Crippen MR) is 116 cm³/mol. The summed E-state index contributed by atoms with van der Waals surface area (Å²) in [5, 5.41) is 6.90. The van der Waals surface area contributed by atoms with Crippen molar-refractivity contribution in [1.29, 1.82) is 0 Å². The molecule has 1 aromatic rings. The van der Waals surface area contributed by atoms with Crippen molar-refractivity contribution in [2.75, 3.05) is 53.0 Å². The number of aliphatic imine (C=N–C) groups is 1. The number of guanidine groups is 1. The zero-order chi connectivity index (χ0) is 20.6. The minimum atomic E-state index is -0.0256. The van der Waals surface area contributed by atoms with Crippen molar-refractivity contribution in [2.24, 2.45) is 4.99 Å². The van der Waals surface area contributed by atoms with Gasteiger partial charge in [0.05, 0.1) is 26.9 Å². The highest BCUT2D eigenvalue weighted by molar-refractivity contribution is 5.79. The number of morpholine rings is 1. The van der Waals surface area contributed by atoms with Gasteiger partial charge in [0.25, 0.3) is 0 Å². The third-order valence-electron chi connectivity index (χ3n) is 5.40. The van der Waals surface area contributed by atoms with Crippen LogP contribution in [-0.2, 0) is 10.2 Å². The SMILES string of the molecule is CCNC(=NCC(C)(C)N1CCOCC1)NCC(C)(C)c1ccc(OC)cc1. The molecular weight excluding hydrogens is 352 g/mol. The van der Waals surface area contributed by atoms with E-state index in [-0.39, 0.29) is 11.0 Å². The topological polar surface area (TPSA) is 58.1 Å². The van der Waals surface area contributed by atoms with Gasteiger partial charge >= 0.3 is 0 Å². The van der Waals surface area contributed by atoms with Gasteiger partial charge in [-0.1, -0.05) is 26.0 Å². The van der Waals surface area contributed by atoms with Gasteiger partial charge in [0, 0.05) is 37.1 Å². The van der Waals surface area contributed by atoms with Crippen molar-refractivity contribution in [2.45, 2.75) is 45.6 Å². The van der Waals surface area contributed by atoms with Crippen LogP contribution in [-0.4, -0.2) is 69.4 Å². The maximum Gasteiger partial charge on any atom is 0.191 e. The van der Waals surface area contributed by atoms with Crippen LogP contribution in [0.4, 0.5) is 0 Å². The quantitative estimate of drug-likeness (QED) is 0.528. The van der Waals surface area contributed by atoms with Crippen molar-refractivity contribution in [3.63, 3.8) is 0 Å². The lowest BCUT2D eigenvalue weighted by molar-refractivity contribution is -0.00684. The lowest BCUT2D eigenvalue weighted by Crippen LogP contribution is -2.52. The monoisotopic (exact) mass is 390 g/mol. The van der Waals surface area contributed by atoms with Gasteiger partial charge in [-0.05, 0) is 38.5 Å². The molecule has 0 aromatic heterocycles. The summed E-state index contributed by atoms with van der Waals surface area (Å²) in [7, 11) is 1.69. The molecule has 1 aliphatic rings. The van der Waals surface area contributed by atoms with Crippen LogP contribution in [0.25, 0.3) is 0 Å². The summed E-state index contributed by atoms with van der Waals surface area (Å²) in [6.45, 7) is 17.0. The van der Waals surface area contributed by atoms with E-state index < -0.39 is 0 Å². The first kappa shape index (κ1) is 22.5. The molecule has 0 atom stereocenters. The van der Waals surface area contributed by atoms with Crippen molar-refractivity contribution in [3.05, 3.63) is 29.8 Å². The van der Waals surface area contributed by atoms with E-state index >= 15 is 0 Å². The summed E-state index contributed by atoms with van der Waals surface area (Å²) in [5.74, 6) is 1.75. The first-order chi connectivity index (χ1) is 13.3. The Morgan fingerprint density at radius 2 is 1.75 bits per heavy atom. The number of nitrogens with one attached hydrogen (secondary N) is 2. The van der Waals surface area contributed by atoms with E-state index in [2.05, 4.69) is 62.3 Å². The fourth-order valence-electron chi connectivity index (χ4n) is 3.33. The van der Waals surface area contributed by atoms with Gasteiger partial charge in [0.1, 0.15) is 5.75 Å². The number of hydrogen-bond acceptors (Lipinski definition) is 4. The van der Waals surface area contributed by atoms with Crippen molar-refractivity contribution in [1.82, 2.24) is 15.5 Å². The second-order valence-electron chi connectivity index (χ2n) is 8.57. The first-order valence-electron chi connectivity index (χ1n) is 10.3. The molecule has 1 heterocycles. The maximum absolute atomic E-state index is 5.48. The fraction of sp³-hybridized carbons (Fsp3) is 0.682. The van der Waals surface area contributed by atoms with Gasteiger partial charge in [-0.25, -0.2) is 0 Å².